The summed E-state index contributed by atoms with van der Waals surface area (Å²) < 4.78 is 0. The van der Waals surface area contributed by atoms with Gasteiger partial charge >= 0.3 is 0 Å². The molecule has 24 heavy (non-hydrogen) atoms. The van der Waals surface area contributed by atoms with Crippen molar-refractivity contribution in [2.45, 2.75) is 51.1 Å². The highest BCUT2D eigenvalue weighted by molar-refractivity contribution is 8.14. The first-order valence-corrected chi connectivity index (χ1v) is 9.34. The third kappa shape index (κ3) is 4.90. The number of halogens is 1. The van der Waals surface area contributed by atoms with Crippen molar-refractivity contribution in [3.8, 4) is 0 Å². The van der Waals surface area contributed by atoms with E-state index in [1.165, 1.54) is 18.4 Å². The SMILES string of the molecule is CC(C)c1ccc(NC(=O)CC2CSC(=NC3CC3)N2C)cc1.Cl. The van der Waals surface area contributed by atoms with Crippen molar-refractivity contribution in [3.05, 3.63) is 29.8 Å². The van der Waals surface area contributed by atoms with Crippen LogP contribution in [0.15, 0.2) is 29.3 Å². The van der Waals surface area contributed by atoms with Crippen molar-refractivity contribution in [1.82, 2.24) is 4.90 Å². The Labute approximate surface area is 154 Å². The van der Waals surface area contributed by atoms with Gasteiger partial charge in [-0.15, -0.1) is 12.4 Å². The standard InChI is InChI=1S/C18H25N3OS.ClH/c1-12(2)13-4-6-14(7-5-13)19-17(22)10-16-11-23-18(21(16)3)20-15-8-9-15;/h4-7,12,15-16H,8-11H2,1-3H3,(H,19,22);1H. The first-order valence-electron chi connectivity index (χ1n) is 8.36. The molecule has 2 aliphatic rings. The molecule has 0 aromatic heterocycles. The van der Waals surface area contributed by atoms with E-state index < -0.39 is 0 Å². The second kappa shape index (κ2) is 8.26. The zero-order valence-electron chi connectivity index (χ0n) is 14.5. The van der Waals surface area contributed by atoms with Crippen LogP contribution in [0.25, 0.3) is 0 Å². The van der Waals surface area contributed by atoms with Crippen LogP contribution in [0, 0.1) is 0 Å². The third-order valence-electron chi connectivity index (χ3n) is 4.38. The second-order valence-electron chi connectivity index (χ2n) is 6.75. The van der Waals surface area contributed by atoms with E-state index in [2.05, 4.69) is 43.2 Å². The van der Waals surface area contributed by atoms with Gasteiger partial charge in [-0.3, -0.25) is 9.79 Å². The number of amides is 1. The molecule has 1 atom stereocenters. The zero-order chi connectivity index (χ0) is 16.4. The summed E-state index contributed by atoms with van der Waals surface area (Å²) >= 11 is 1.78. The highest BCUT2D eigenvalue weighted by Crippen LogP contribution is 2.30. The molecular formula is C18H26ClN3OS. The first kappa shape index (κ1) is 19.1. The Hall–Kier alpha value is -1.20. The molecule has 132 valence electrons. The average Bonchev–Trinajstić information content (AvgIpc) is 3.27. The Bertz CT molecular complexity index is 599. The molecule has 1 saturated heterocycles. The van der Waals surface area contributed by atoms with E-state index in [4.69, 9.17) is 4.99 Å². The number of hydrogen-bond donors (Lipinski definition) is 1. The molecule has 0 spiro atoms. The number of thioether (sulfide) groups is 1. The molecule has 1 aromatic rings. The quantitative estimate of drug-likeness (QED) is 0.851. The van der Waals surface area contributed by atoms with Crippen LogP contribution in [0.4, 0.5) is 5.69 Å². The summed E-state index contributed by atoms with van der Waals surface area (Å²) in [6, 6.07) is 8.91. The summed E-state index contributed by atoms with van der Waals surface area (Å²) in [4.78, 5) is 19.2. The van der Waals surface area contributed by atoms with Crippen molar-refractivity contribution in [1.29, 1.82) is 0 Å². The Kier molecular flexibility index (Phi) is 6.58. The summed E-state index contributed by atoms with van der Waals surface area (Å²) in [5.41, 5.74) is 2.16. The lowest BCUT2D eigenvalue weighted by atomic mass is 10.0. The van der Waals surface area contributed by atoms with E-state index in [1.54, 1.807) is 11.8 Å². The summed E-state index contributed by atoms with van der Waals surface area (Å²) in [5.74, 6) is 1.53. The maximum Gasteiger partial charge on any atom is 0.226 e. The molecular weight excluding hydrogens is 342 g/mol. The van der Waals surface area contributed by atoms with Crippen LogP contribution in [-0.2, 0) is 4.79 Å². The number of anilines is 1. The average molecular weight is 368 g/mol. The predicted octanol–water partition coefficient (Wildman–Crippen LogP) is 4.13. The summed E-state index contributed by atoms with van der Waals surface area (Å²) in [6.45, 7) is 4.34. The Morgan fingerprint density at radius 1 is 1.33 bits per heavy atom. The van der Waals surface area contributed by atoms with Crippen LogP contribution < -0.4 is 5.32 Å². The van der Waals surface area contributed by atoms with Crippen molar-refractivity contribution in [3.63, 3.8) is 0 Å². The largest absolute Gasteiger partial charge is 0.350 e. The Morgan fingerprint density at radius 2 is 2.00 bits per heavy atom. The van der Waals surface area contributed by atoms with Gasteiger partial charge < -0.3 is 10.2 Å². The van der Waals surface area contributed by atoms with Gasteiger partial charge in [0.2, 0.25) is 5.91 Å². The number of benzene rings is 1. The predicted molar refractivity (Wildman–Crippen MR) is 105 cm³/mol. The maximum atomic E-state index is 12.3. The minimum Gasteiger partial charge on any atom is -0.350 e. The Balaban J connectivity index is 0.00000208. The topological polar surface area (TPSA) is 44.7 Å². The number of aliphatic imine (C=N–C) groups is 1. The van der Waals surface area contributed by atoms with E-state index >= 15 is 0 Å². The fourth-order valence-corrected chi connectivity index (χ4v) is 3.86. The zero-order valence-corrected chi connectivity index (χ0v) is 16.1. The minimum absolute atomic E-state index is 0. The minimum atomic E-state index is 0. The fraction of sp³-hybridized carbons (Fsp3) is 0.556. The molecule has 1 aromatic carbocycles. The number of nitrogens with zero attached hydrogens (tertiary/aromatic N) is 2. The number of carbonyl (C=O) groups excluding carboxylic acids is 1. The van der Waals surface area contributed by atoms with Crippen molar-refractivity contribution in [2.24, 2.45) is 4.99 Å². The summed E-state index contributed by atoms with van der Waals surface area (Å²) in [6.07, 6.45) is 2.95. The number of amidine groups is 1. The maximum absolute atomic E-state index is 12.3. The molecule has 2 fully saturated rings. The normalized spacial score (nSPS) is 21.9. The van der Waals surface area contributed by atoms with E-state index in [0.29, 0.717) is 18.4 Å². The van der Waals surface area contributed by atoms with Gasteiger partial charge in [-0.2, -0.15) is 0 Å². The number of carbonyl (C=O) groups is 1. The fourth-order valence-electron chi connectivity index (χ4n) is 2.60. The van der Waals surface area contributed by atoms with Crippen molar-refractivity contribution in [2.75, 3.05) is 18.1 Å². The lowest BCUT2D eigenvalue weighted by Gasteiger charge is -2.20. The van der Waals surface area contributed by atoms with Gasteiger partial charge in [-0.1, -0.05) is 37.7 Å². The summed E-state index contributed by atoms with van der Waals surface area (Å²) in [7, 11) is 2.05. The lowest BCUT2D eigenvalue weighted by molar-refractivity contribution is -0.116. The second-order valence-corrected chi connectivity index (χ2v) is 7.73. The van der Waals surface area contributed by atoms with Gasteiger partial charge in [-0.05, 0) is 36.5 Å². The van der Waals surface area contributed by atoms with Crippen LogP contribution in [0.3, 0.4) is 0 Å². The molecule has 0 radical (unpaired) electrons. The molecule has 1 aliphatic heterocycles. The molecule has 4 nitrogen and oxygen atoms in total. The number of nitrogens with one attached hydrogen (secondary N) is 1. The van der Waals surface area contributed by atoms with E-state index in [9.17, 15) is 4.79 Å². The molecule has 1 aliphatic carbocycles. The molecule has 1 saturated carbocycles. The third-order valence-corrected chi connectivity index (χ3v) is 5.58. The van der Waals surface area contributed by atoms with Crippen molar-refractivity contribution >= 4 is 40.9 Å². The van der Waals surface area contributed by atoms with Crippen molar-refractivity contribution < 1.29 is 4.79 Å². The molecule has 1 unspecified atom stereocenters. The number of hydrogen-bond acceptors (Lipinski definition) is 3. The molecule has 0 bridgehead atoms. The Morgan fingerprint density at radius 3 is 2.58 bits per heavy atom. The summed E-state index contributed by atoms with van der Waals surface area (Å²) in [5, 5.41) is 4.11. The molecule has 1 amide bonds. The van der Waals surface area contributed by atoms with E-state index in [-0.39, 0.29) is 24.4 Å². The molecule has 3 rings (SSSR count). The van der Waals surface area contributed by atoms with Gasteiger partial charge in [0.05, 0.1) is 6.04 Å². The highest BCUT2D eigenvalue weighted by Gasteiger charge is 2.31. The first-order chi connectivity index (χ1) is 11.0. The molecule has 6 heteroatoms. The van der Waals surface area contributed by atoms with Crippen LogP contribution in [0.2, 0.25) is 0 Å². The van der Waals surface area contributed by atoms with Crippen LogP contribution in [0.1, 0.15) is 44.6 Å². The van der Waals surface area contributed by atoms with Gasteiger partial charge in [0.25, 0.3) is 0 Å². The van der Waals surface area contributed by atoms with Crippen LogP contribution in [0.5, 0.6) is 0 Å². The van der Waals surface area contributed by atoms with E-state index in [0.717, 1.165) is 16.6 Å². The smallest absolute Gasteiger partial charge is 0.226 e. The molecule has 1 heterocycles. The monoisotopic (exact) mass is 367 g/mol. The molecule has 1 N–H and O–H groups in total. The van der Waals surface area contributed by atoms with Crippen LogP contribution in [-0.4, -0.2) is 40.9 Å². The van der Waals surface area contributed by atoms with Gasteiger partial charge in [0.15, 0.2) is 5.17 Å². The van der Waals surface area contributed by atoms with Gasteiger partial charge in [0, 0.05) is 31.0 Å². The lowest BCUT2D eigenvalue weighted by Crippen LogP contribution is -2.33. The van der Waals surface area contributed by atoms with E-state index in [1.807, 2.05) is 12.1 Å². The van der Waals surface area contributed by atoms with Gasteiger partial charge in [-0.25, -0.2) is 0 Å². The van der Waals surface area contributed by atoms with Gasteiger partial charge in [0.1, 0.15) is 0 Å². The van der Waals surface area contributed by atoms with Crippen LogP contribution >= 0.6 is 24.2 Å². The number of rotatable bonds is 5. The highest BCUT2D eigenvalue weighted by atomic mass is 35.5.